The molecule has 0 amide bonds. The van der Waals surface area contributed by atoms with Gasteiger partial charge in [0.05, 0.1) is 5.54 Å². The number of aromatic nitrogens is 4. The maximum absolute atomic E-state index is 6.42. The van der Waals surface area contributed by atoms with Gasteiger partial charge in [0.2, 0.25) is 4.96 Å². The molecule has 0 aliphatic carbocycles. The third-order valence-electron chi connectivity index (χ3n) is 2.96. The van der Waals surface area contributed by atoms with E-state index >= 15 is 0 Å². The Bertz CT molecular complexity index is 683. The van der Waals surface area contributed by atoms with Crippen LogP contribution in [0.4, 0.5) is 0 Å². The smallest absolute Gasteiger partial charge is 0.234 e. The minimum atomic E-state index is -0.612. The van der Waals surface area contributed by atoms with Crippen molar-refractivity contribution in [3.63, 3.8) is 0 Å². The SMILES string of the molecule is Cc1nnc2sc(C(C)(N)c3ccccc3)nn12. The first-order valence-corrected chi connectivity index (χ1v) is 6.44. The molecule has 18 heavy (non-hydrogen) atoms. The highest BCUT2D eigenvalue weighted by molar-refractivity contribution is 7.16. The van der Waals surface area contributed by atoms with Crippen molar-refractivity contribution in [2.24, 2.45) is 5.73 Å². The molecule has 3 aromatic rings. The van der Waals surface area contributed by atoms with E-state index in [4.69, 9.17) is 5.73 Å². The van der Waals surface area contributed by atoms with Crippen LogP contribution < -0.4 is 5.73 Å². The number of fused-ring (bicyclic) bond motifs is 1. The maximum Gasteiger partial charge on any atom is 0.234 e. The fourth-order valence-electron chi connectivity index (χ4n) is 1.83. The Morgan fingerprint density at radius 2 is 1.94 bits per heavy atom. The van der Waals surface area contributed by atoms with E-state index in [1.165, 1.54) is 11.3 Å². The van der Waals surface area contributed by atoms with Gasteiger partial charge in [-0.1, -0.05) is 41.7 Å². The summed E-state index contributed by atoms with van der Waals surface area (Å²) in [6.07, 6.45) is 0. The topological polar surface area (TPSA) is 69.1 Å². The van der Waals surface area contributed by atoms with Crippen LogP contribution in [0.5, 0.6) is 0 Å². The summed E-state index contributed by atoms with van der Waals surface area (Å²) in [5.41, 5.74) is 6.84. The average Bonchev–Trinajstić information content (AvgIpc) is 2.94. The van der Waals surface area contributed by atoms with Gasteiger partial charge in [-0.25, -0.2) is 0 Å². The summed E-state index contributed by atoms with van der Waals surface area (Å²) in [4.78, 5) is 0.773. The van der Waals surface area contributed by atoms with Gasteiger partial charge in [-0.3, -0.25) is 0 Å². The van der Waals surface area contributed by atoms with Gasteiger partial charge in [-0.05, 0) is 19.4 Å². The second kappa shape index (κ2) is 3.86. The molecule has 1 atom stereocenters. The Labute approximate surface area is 108 Å². The second-order valence-corrected chi connectivity index (χ2v) is 5.37. The molecule has 3 rings (SSSR count). The zero-order valence-electron chi connectivity index (χ0n) is 10.2. The van der Waals surface area contributed by atoms with Crippen molar-refractivity contribution in [3.8, 4) is 0 Å². The van der Waals surface area contributed by atoms with Crippen molar-refractivity contribution >= 4 is 16.3 Å². The van der Waals surface area contributed by atoms with Crippen molar-refractivity contribution in [3.05, 3.63) is 46.7 Å². The lowest BCUT2D eigenvalue weighted by atomic mass is 9.94. The van der Waals surface area contributed by atoms with Crippen LogP contribution in [0.25, 0.3) is 4.96 Å². The largest absolute Gasteiger partial charge is 0.316 e. The number of rotatable bonds is 2. The Morgan fingerprint density at radius 3 is 2.61 bits per heavy atom. The Morgan fingerprint density at radius 1 is 1.22 bits per heavy atom. The van der Waals surface area contributed by atoms with Crippen LogP contribution in [0.2, 0.25) is 0 Å². The summed E-state index contributed by atoms with van der Waals surface area (Å²) >= 11 is 1.47. The molecule has 0 bridgehead atoms. The molecule has 0 fully saturated rings. The van der Waals surface area contributed by atoms with Crippen LogP contribution in [-0.4, -0.2) is 19.8 Å². The molecule has 1 aromatic carbocycles. The molecule has 0 aliphatic heterocycles. The third-order valence-corrected chi connectivity index (χ3v) is 4.10. The molecule has 92 valence electrons. The standard InChI is InChI=1S/C12H13N5S/c1-8-14-15-11-17(8)16-10(18-11)12(2,13)9-6-4-3-5-7-9/h3-7H,13H2,1-2H3. The van der Waals surface area contributed by atoms with Gasteiger partial charge in [0.15, 0.2) is 5.82 Å². The number of nitrogens with two attached hydrogens (primary N) is 1. The van der Waals surface area contributed by atoms with E-state index < -0.39 is 5.54 Å². The number of benzene rings is 1. The van der Waals surface area contributed by atoms with E-state index in [-0.39, 0.29) is 0 Å². The summed E-state index contributed by atoms with van der Waals surface area (Å²) in [7, 11) is 0. The number of hydrogen-bond donors (Lipinski definition) is 1. The molecule has 2 aromatic heterocycles. The van der Waals surface area contributed by atoms with Gasteiger partial charge in [0.1, 0.15) is 5.01 Å². The van der Waals surface area contributed by atoms with Crippen molar-refractivity contribution in [1.82, 2.24) is 19.8 Å². The number of nitrogens with zero attached hydrogens (tertiary/aromatic N) is 4. The van der Waals surface area contributed by atoms with Gasteiger partial charge in [0, 0.05) is 0 Å². The van der Waals surface area contributed by atoms with Crippen molar-refractivity contribution < 1.29 is 0 Å². The molecule has 2 heterocycles. The number of hydrogen-bond acceptors (Lipinski definition) is 5. The molecular formula is C12H13N5S. The molecule has 6 heteroatoms. The van der Waals surface area contributed by atoms with E-state index in [0.29, 0.717) is 0 Å². The summed E-state index contributed by atoms with van der Waals surface area (Å²) in [5.74, 6) is 0.774. The molecule has 2 N–H and O–H groups in total. The normalized spacial score (nSPS) is 14.8. The molecule has 5 nitrogen and oxygen atoms in total. The zero-order valence-corrected chi connectivity index (χ0v) is 11.0. The highest BCUT2D eigenvalue weighted by atomic mass is 32.1. The monoisotopic (exact) mass is 259 g/mol. The highest BCUT2D eigenvalue weighted by Gasteiger charge is 2.28. The van der Waals surface area contributed by atoms with Gasteiger partial charge < -0.3 is 5.73 Å². The molecule has 0 radical (unpaired) electrons. The zero-order chi connectivity index (χ0) is 12.8. The van der Waals surface area contributed by atoms with E-state index in [1.807, 2.05) is 44.2 Å². The van der Waals surface area contributed by atoms with E-state index in [9.17, 15) is 0 Å². The van der Waals surface area contributed by atoms with Crippen LogP contribution in [0.3, 0.4) is 0 Å². The Kier molecular flexibility index (Phi) is 2.42. The molecule has 0 aliphatic rings. The average molecular weight is 259 g/mol. The lowest BCUT2D eigenvalue weighted by Gasteiger charge is -2.21. The first-order valence-electron chi connectivity index (χ1n) is 5.63. The predicted molar refractivity (Wildman–Crippen MR) is 70.5 cm³/mol. The van der Waals surface area contributed by atoms with Crippen LogP contribution in [0.1, 0.15) is 23.3 Å². The van der Waals surface area contributed by atoms with Crippen LogP contribution in [0, 0.1) is 6.92 Å². The summed E-state index contributed by atoms with van der Waals surface area (Å²) < 4.78 is 1.73. The molecule has 0 saturated heterocycles. The van der Waals surface area contributed by atoms with Gasteiger partial charge in [-0.2, -0.15) is 9.61 Å². The van der Waals surface area contributed by atoms with Gasteiger partial charge in [0.25, 0.3) is 0 Å². The Hall–Kier alpha value is -1.79. The second-order valence-electron chi connectivity index (χ2n) is 4.42. The first-order chi connectivity index (χ1) is 8.59. The van der Waals surface area contributed by atoms with Crippen molar-refractivity contribution in [1.29, 1.82) is 0 Å². The lowest BCUT2D eigenvalue weighted by molar-refractivity contribution is 0.584. The minimum Gasteiger partial charge on any atom is -0.316 e. The fraction of sp³-hybridized carbons (Fsp3) is 0.250. The van der Waals surface area contributed by atoms with Gasteiger partial charge >= 0.3 is 0 Å². The molecular weight excluding hydrogens is 246 g/mol. The molecule has 1 unspecified atom stereocenters. The van der Waals surface area contributed by atoms with Gasteiger partial charge in [-0.15, -0.1) is 10.2 Å². The van der Waals surface area contributed by atoms with Crippen molar-refractivity contribution in [2.75, 3.05) is 0 Å². The number of aryl methyl sites for hydroxylation is 1. The summed E-state index contributed by atoms with van der Waals surface area (Å²) in [6.45, 7) is 3.84. The first kappa shape index (κ1) is 11.3. The third kappa shape index (κ3) is 1.61. The highest BCUT2D eigenvalue weighted by Crippen LogP contribution is 2.29. The minimum absolute atomic E-state index is 0.612. The van der Waals surface area contributed by atoms with Crippen molar-refractivity contribution in [2.45, 2.75) is 19.4 Å². The maximum atomic E-state index is 6.42. The van der Waals surface area contributed by atoms with Crippen LogP contribution in [-0.2, 0) is 5.54 Å². The quantitative estimate of drug-likeness (QED) is 0.760. The molecule has 0 spiro atoms. The molecule has 0 saturated carbocycles. The van der Waals surface area contributed by atoms with Crippen LogP contribution >= 0.6 is 11.3 Å². The Balaban J connectivity index is 2.13. The summed E-state index contributed by atoms with van der Waals surface area (Å²) in [5, 5.41) is 13.4. The summed E-state index contributed by atoms with van der Waals surface area (Å²) in [6, 6.07) is 9.95. The van der Waals surface area contributed by atoms with Crippen LogP contribution in [0.15, 0.2) is 30.3 Å². The lowest BCUT2D eigenvalue weighted by Crippen LogP contribution is -2.34. The van der Waals surface area contributed by atoms with E-state index in [0.717, 1.165) is 21.4 Å². The van der Waals surface area contributed by atoms with E-state index in [2.05, 4.69) is 15.3 Å². The predicted octanol–water partition coefficient (Wildman–Crippen LogP) is 1.72. The van der Waals surface area contributed by atoms with E-state index in [1.54, 1.807) is 4.52 Å². The fourth-order valence-corrected chi connectivity index (χ4v) is 2.80.